The van der Waals surface area contributed by atoms with Crippen molar-refractivity contribution in [2.45, 2.75) is 25.7 Å². The molecule has 6 nitrogen and oxygen atoms in total. The van der Waals surface area contributed by atoms with E-state index in [0.29, 0.717) is 12.3 Å². The molecule has 1 aliphatic rings. The van der Waals surface area contributed by atoms with E-state index in [1.165, 1.54) is 11.1 Å². The van der Waals surface area contributed by atoms with E-state index in [1.54, 1.807) is 11.3 Å². The molecule has 2 aromatic heterocycles. The van der Waals surface area contributed by atoms with Crippen LogP contribution in [0.4, 0.5) is 0 Å². The number of hydrogen-bond acceptors (Lipinski definition) is 6. The zero-order chi connectivity index (χ0) is 19.3. The number of aromatic nitrogens is 3. The molecule has 0 spiro atoms. The van der Waals surface area contributed by atoms with Crippen LogP contribution in [0.3, 0.4) is 0 Å². The molecule has 3 aromatic rings. The first-order valence-corrected chi connectivity index (χ1v) is 9.81. The molecular formula is C21H18N4O2S. The molecule has 1 aliphatic carbocycles. The van der Waals surface area contributed by atoms with Crippen LogP contribution in [0.15, 0.2) is 40.8 Å². The average Bonchev–Trinajstić information content (AvgIpc) is 3.32. The number of amides is 1. The van der Waals surface area contributed by atoms with Crippen molar-refractivity contribution in [2.75, 3.05) is 6.54 Å². The number of hydrogen-bond donors (Lipinski definition) is 1. The summed E-state index contributed by atoms with van der Waals surface area (Å²) in [5.74, 6) is 2.81. The maximum atomic E-state index is 11.7. The van der Waals surface area contributed by atoms with Crippen molar-refractivity contribution in [1.82, 2.24) is 20.5 Å². The molecule has 0 fully saturated rings. The van der Waals surface area contributed by atoms with Crippen LogP contribution in [-0.2, 0) is 17.6 Å². The first-order chi connectivity index (χ1) is 13.7. The summed E-state index contributed by atoms with van der Waals surface area (Å²) in [6, 6.07) is 6.32. The highest BCUT2D eigenvalue weighted by Gasteiger charge is 2.14. The minimum absolute atomic E-state index is 0.0144. The van der Waals surface area contributed by atoms with Crippen molar-refractivity contribution in [1.29, 1.82) is 0 Å². The fourth-order valence-corrected chi connectivity index (χ4v) is 3.96. The minimum Gasteiger partial charge on any atom is -0.424 e. The van der Waals surface area contributed by atoms with Crippen LogP contribution in [0.1, 0.15) is 35.2 Å². The van der Waals surface area contributed by atoms with Gasteiger partial charge >= 0.3 is 0 Å². The summed E-state index contributed by atoms with van der Waals surface area (Å²) in [6.07, 6.45) is 14.4. The van der Waals surface area contributed by atoms with Gasteiger partial charge < -0.3 is 9.73 Å². The fraction of sp³-hybridized carbons (Fsp3) is 0.238. The van der Waals surface area contributed by atoms with Crippen LogP contribution in [0.5, 0.6) is 0 Å². The van der Waals surface area contributed by atoms with Gasteiger partial charge in [-0.3, -0.25) is 4.79 Å². The van der Waals surface area contributed by atoms with E-state index in [9.17, 15) is 4.79 Å². The second-order valence-electron chi connectivity index (χ2n) is 6.35. The number of carbonyl (C=O) groups excluding carboxylic acids is 1. The molecule has 7 heteroatoms. The molecule has 4 rings (SSSR count). The van der Waals surface area contributed by atoms with Crippen LogP contribution in [-0.4, -0.2) is 27.6 Å². The van der Waals surface area contributed by atoms with Gasteiger partial charge in [0, 0.05) is 0 Å². The number of benzene rings is 1. The Morgan fingerprint density at radius 2 is 2.18 bits per heavy atom. The van der Waals surface area contributed by atoms with Crippen molar-refractivity contribution < 1.29 is 9.21 Å². The van der Waals surface area contributed by atoms with Gasteiger partial charge in [-0.2, -0.15) is 0 Å². The van der Waals surface area contributed by atoms with Crippen LogP contribution < -0.4 is 5.32 Å². The highest BCUT2D eigenvalue weighted by molar-refractivity contribution is 7.18. The van der Waals surface area contributed by atoms with Crippen LogP contribution in [0.25, 0.3) is 15.8 Å². The lowest BCUT2D eigenvalue weighted by Crippen LogP contribution is -2.25. The summed E-state index contributed by atoms with van der Waals surface area (Å²) in [4.78, 5) is 16.3. The van der Waals surface area contributed by atoms with E-state index >= 15 is 0 Å². The number of terminal acetylenes is 1. The number of nitrogens with zero attached hydrogens (tertiary/aromatic N) is 3. The second-order valence-corrected chi connectivity index (χ2v) is 7.47. The molecule has 0 bridgehead atoms. The van der Waals surface area contributed by atoms with Gasteiger partial charge in [0.2, 0.25) is 17.7 Å². The smallest absolute Gasteiger partial charge is 0.230 e. The van der Waals surface area contributed by atoms with E-state index in [-0.39, 0.29) is 24.8 Å². The maximum absolute atomic E-state index is 11.7. The van der Waals surface area contributed by atoms with E-state index in [2.05, 4.69) is 56.8 Å². The first-order valence-electron chi connectivity index (χ1n) is 8.99. The van der Waals surface area contributed by atoms with Gasteiger partial charge in [-0.05, 0) is 36.1 Å². The van der Waals surface area contributed by atoms with Gasteiger partial charge in [-0.1, -0.05) is 30.2 Å². The quantitative estimate of drug-likeness (QED) is 0.653. The SMILES string of the molecule is C#CCNC(=O)Cc1nnc(Cc2nc3ccc(C4=CCCC=C4)cc3s2)o1. The largest absolute Gasteiger partial charge is 0.424 e. The zero-order valence-electron chi connectivity index (χ0n) is 15.1. The summed E-state index contributed by atoms with van der Waals surface area (Å²) in [5, 5.41) is 11.4. The Balaban J connectivity index is 1.46. The minimum atomic E-state index is -0.244. The van der Waals surface area contributed by atoms with E-state index < -0.39 is 0 Å². The molecule has 1 N–H and O–H groups in total. The van der Waals surface area contributed by atoms with Crippen molar-refractivity contribution >= 4 is 33.0 Å². The average molecular weight is 390 g/mol. The Kier molecular flexibility index (Phi) is 5.31. The highest BCUT2D eigenvalue weighted by Crippen LogP contribution is 2.29. The van der Waals surface area contributed by atoms with Gasteiger partial charge in [-0.15, -0.1) is 28.0 Å². The normalized spacial score (nSPS) is 13.3. The summed E-state index contributed by atoms with van der Waals surface area (Å²) in [6.45, 7) is 0.181. The predicted molar refractivity (Wildman–Crippen MR) is 109 cm³/mol. The summed E-state index contributed by atoms with van der Waals surface area (Å²) < 4.78 is 6.69. The molecular weight excluding hydrogens is 372 g/mol. The lowest BCUT2D eigenvalue weighted by Gasteiger charge is -2.06. The third-order valence-corrected chi connectivity index (χ3v) is 5.29. The molecule has 0 radical (unpaired) electrons. The third-order valence-electron chi connectivity index (χ3n) is 4.27. The van der Waals surface area contributed by atoms with E-state index in [1.807, 2.05) is 6.07 Å². The molecule has 1 amide bonds. The van der Waals surface area contributed by atoms with Crippen molar-refractivity contribution in [3.8, 4) is 12.3 Å². The maximum Gasteiger partial charge on any atom is 0.230 e. The lowest BCUT2D eigenvalue weighted by molar-refractivity contribution is -0.120. The van der Waals surface area contributed by atoms with Gasteiger partial charge in [0.25, 0.3) is 0 Å². The molecule has 1 aromatic carbocycles. The van der Waals surface area contributed by atoms with E-state index in [4.69, 9.17) is 10.8 Å². The molecule has 0 atom stereocenters. The Hall–Kier alpha value is -3.24. The Morgan fingerprint density at radius 3 is 3.00 bits per heavy atom. The molecule has 2 heterocycles. The molecule has 140 valence electrons. The van der Waals surface area contributed by atoms with Gasteiger partial charge in [0.1, 0.15) is 11.4 Å². The van der Waals surface area contributed by atoms with Gasteiger partial charge in [-0.25, -0.2) is 4.98 Å². The topological polar surface area (TPSA) is 80.9 Å². The summed E-state index contributed by atoms with van der Waals surface area (Å²) >= 11 is 1.61. The number of nitrogens with one attached hydrogen (secondary N) is 1. The van der Waals surface area contributed by atoms with Crippen LogP contribution in [0, 0.1) is 12.3 Å². The van der Waals surface area contributed by atoms with E-state index in [0.717, 1.165) is 28.1 Å². The molecule has 0 aliphatic heterocycles. The van der Waals surface area contributed by atoms with Gasteiger partial charge in [0.05, 0.1) is 23.2 Å². The highest BCUT2D eigenvalue weighted by atomic mass is 32.1. The predicted octanol–water partition coefficient (Wildman–Crippen LogP) is 3.30. The molecule has 28 heavy (non-hydrogen) atoms. The van der Waals surface area contributed by atoms with Crippen LogP contribution >= 0.6 is 11.3 Å². The lowest BCUT2D eigenvalue weighted by atomic mass is 10.00. The first kappa shape index (κ1) is 18.1. The Bertz CT molecular complexity index is 1120. The molecule has 0 saturated carbocycles. The third kappa shape index (κ3) is 4.18. The number of rotatable bonds is 6. The van der Waals surface area contributed by atoms with Crippen molar-refractivity contribution in [3.63, 3.8) is 0 Å². The summed E-state index contributed by atoms with van der Waals surface area (Å²) in [5.41, 5.74) is 3.42. The number of allylic oxidation sites excluding steroid dienone is 4. The fourth-order valence-electron chi connectivity index (χ4n) is 2.97. The monoisotopic (exact) mass is 390 g/mol. The van der Waals surface area contributed by atoms with Crippen molar-refractivity contribution in [2.24, 2.45) is 0 Å². The number of carbonyl (C=O) groups is 1. The number of thiazole rings is 1. The second kappa shape index (κ2) is 8.19. The molecule has 0 saturated heterocycles. The van der Waals surface area contributed by atoms with Crippen LogP contribution in [0.2, 0.25) is 0 Å². The standard InChI is InChI=1S/C21H18N4O2S/c1-2-10-22-18(26)12-19-24-25-20(27-19)13-21-23-16-9-8-15(11-17(16)28-21)14-6-4-3-5-7-14/h1,4,6-9,11H,3,5,10,12-13H2,(H,22,26). The van der Waals surface area contributed by atoms with Gasteiger partial charge in [0.15, 0.2) is 0 Å². The Morgan fingerprint density at radius 1 is 1.29 bits per heavy atom. The number of fused-ring (bicyclic) bond motifs is 1. The Labute approximate surface area is 166 Å². The summed E-state index contributed by atoms with van der Waals surface area (Å²) in [7, 11) is 0. The van der Waals surface area contributed by atoms with Crippen molar-refractivity contribution in [3.05, 3.63) is 58.8 Å². The molecule has 0 unspecified atom stereocenters. The zero-order valence-corrected chi connectivity index (χ0v) is 16.0.